The summed E-state index contributed by atoms with van der Waals surface area (Å²) in [4.78, 5) is 19.8. The zero-order chi connectivity index (χ0) is 24.1. The summed E-state index contributed by atoms with van der Waals surface area (Å²) in [7, 11) is 3.38. The number of rotatable bonds is 6. The number of carbonyl (C=O) groups excluding carboxylic acids is 1. The highest BCUT2D eigenvalue weighted by atomic mass is 19.1. The summed E-state index contributed by atoms with van der Waals surface area (Å²) in [5.74, 6) is 0.773. The molecule has 0 spiro atoms. The maximum Gasteiger partial charge on any atom is 0.409 e. The van der Waals surface area contributed by atoms with E-state index in [9.17, 15) is 9.18 Å². The minimum Gasteiger partial charge on any atom is -0.453 e. The van der Waals surface area contributed by atoms with Crippen molar-refractivity contribution < 1.29 is 13.9 Å². The Balaban J connectivity index is 0.000000189. The van der Waals surface area contributed by atoms with Gasteiger partial charge in [0.1, 0.15) is 11.6 Å². The molecule has 1 amide bonds. The molecule has 2 unspecified atom stereocenters. The minimum atomic E-state index is -0.264. The van der Waals surface area contributed by atoms with Crippen molar-refractivity contribution >= 4 is 6.09 Å². The van der Waals surface area contributed by atoms with Gasteiger partial charge in [-0.2, -0.15) is 0 Å². The lowest BCUT2D eigenvalue weighted by Gasteiger charge is -2.25. The lowest BCUT2D eigenvalue weighted by molar-refractivity contribution is 0.117. The Kier molecular flexibility index (Phi) is 8.13. The number of imidazole rings is 1. The van der Waals surface area contributed by atoms with E-state index in [-0.39, 0.29) is 18.0 Å². The molecule has 4 rings (SSSR count). The van der Waals surface area contributed by atoms with Crippen molar-refractivity contribution in [3.8, 4) is 0 Å². The van der Waals surface area contributed by atoms with E-state index in [2.05, 4.69) is 23.4 Å². The van der Waals surface area contributed by atoms with E-state index < -0.39 is 0 Å². The van der Waals surface area contributed by atoms with Gasteiger partial charge in [0.15, 0.2) is 0 Å². The molecule has 1 aromatic carbocycles. The molecule has 2 atom stereocenters. The van der Waals surface area contributed by atoms with Crippen LogP contribution in [0.1, 0.15) is 55.0 Å². The van der Waals surface area contributed by atoms with E-state index in [1.807, 2.05) is 24.6 Å². The monoisotopic (exact) mass is 457 g/mol. The van der Waals surface area contributed by atoms with Gasteiger partial charge in [-0.15, -0.1) is 0 Å². The molecule has 0 saturated carbocycles. The molecule has 7 nitrogen and oxygen atoms in total. The average molecular weight is 458 g/mol. The molecule has 1 aromatic heterocycles. The summed E-state index contributed by atoms with van der Waals surface area (Å²) in [5.41, 5.74) is 10.4. The van der Waals surface area contributed by atoms with Gasteiger partial charge in [0.25, 0.3) is 0 Å². The highest BCUT2D eigenvalue weighted by molar-refractivity contribution is 5.67. The van der Waals surface area contributed by atoms with Crippen molar-refractivity contribution in [2.24, 2.45) is 12.8 Å². The van der Waals surface area contributed by atoms with Crippen molar-refractivity contribution in [3.63, 3.8) is 0 Å². The number of carbonyl (C=O) groups is 1. The average Bonchev–Trinajstić information content (AvgIpc) is 3.33. The molecule has 2 aromatic rings. The van der Waals surface area contributed by atoms with Crippen molar-refractivity contribution in [3.05, 3.63) is 65.1 Å². The highest BCUT2D eigenvalue weighted by Crippen LogP contribution is 2.35. The fraction of sp³-hybridized carbons (Fsp3) is 0.520. The number of hydrogen-bond acceptors (Lipinski definition) is 5. The van der Waals surface area contributed by atoms with Gasteiger partial charge in [-0.25, -0.2) is 14.2 Å². The standard InChI is InChI=1S/C15H21FN2.C10H15N3O2/c1-3-5-15-11(2)18(15)9-8-14(17)12-6-4-7-13(16)10-12;1-7-11-8-4-5-13(10(14)15-3)6-9(8)12(7)2/h4,6-7,10,14-15H,2-3,5,8-9,17H2,1H3;4-6H2,1-3H3. The van der Waals surface area contributed by atoms with E-state index in [1.165, 1.54) is 37.8 Å². The van der Waals surface area contributed by atoms with Gasteiger partial charge in [-0.1, -0.05) is 32.1 Å². The second-order valence-corrected chi connectivity index (χ2v) is 8.69. The maximum absolute atomic E-state index is 13.1. The van der Waals surface area contributed by atoms with E-state index >= 15 is 0 Å². The van der Waals surface area contributed by atoms with E-state index in [0.29, 0.717) is 19.1 Å². The summed E-state index contributed by atoms with van der Waals surface area (Å²) >= 11 is 0. The summed E-state index contributed by atoms with van der Waals surface area (Å²) in [5, 5.41) is 0. The van der Waals surface area contributed by atoms with Crippen LogP contribution in [-0.2, 0) is 24.8 Å². The van der Waals surface area contributed by atoms with E-state index in [4.69, 9.17) is 10.5 Å². The number of amides is 1. The maximum atomic E-state index is 13.1. The lowest BCUT2D eigenvalue weighted by Crippen LogP contribution is -2.36. The Morgan fingerprint density at radius 1 is 1.42 bits per heavy atom. The van der Waals surface area contributed by atoms with Crippen molar-refractivity contribution in [1.82, 2.24) is 19.4 Å². The first-order valence-electron chi connectivity index (χ1n) is 11.6. The zero-order valence-electron chi connectivity index (χ0n) is 20.2. The minimum absolute atomic E-state index is 0.101. The second-order valence-electron chi connectivity index (χ2n) is 8.69. The van der Waals surface area contributed by atoms with Gasteiger partial charge in [0, 0.05) is 38.3 Å². The summed E-state index contributed by atoms with van der Waals surface area (Å²) < 4.78 is 19.8. The number of aryl methyl sites for hydroxylation is 1. The number of halogens is 1. The van der Waals surface area contributed by atoms with Crippen LogP contribution in [-0.4, -0.2) is 51.7 Å². The van der Waals surface area contributed by atoms with Crippen LogP contribution < -0.4 is 5.73 Å². The normalized spacial score (nSPS) is 17.8. The first kappa shape index (κ1) is 24.8. The van der Waals surface area contributed by atoms with Crippen molar-refractivity contribution in [2.45, 2.75) is 58.2 Å². The predicted molar refractivity (Wildman–Crippen MR) is 127 cm³/mol. The molecule has 1 saturated heterocycles. The number of fused-ring (bicyclic) bond motifs is 1. The second kappa shape index (κ2) is 10.8. The molecule has 2 aliphatic rings. The number of nitrogens with two attached hydrogens (primary N) is 1. The van der Waals surface area contributed by atoms with Gasteiger partial charge in [-0.05, 0) is 37.5 Å². The molecule has 33 heavy (non-hydrogen) atoms. The first-order valence-corrected chi connectivity index (χ1v) is 11.6. The Hall–Kier alpha value is -2.87. The van der Waals surface area contributed by atoms with Crippen LogP contribution >= 0.6 is 0 Å². The molecular formula is C25H36FN5O2. The molecular weight excluding hydrogens is 421 g/mol. The van der Waals surface area contributed by atoms with Crippen LogP contribution in [0.3, 0.4) is 0 Å². The van der Waals surface area contributed by atoms with Gasteiger partial charge < -0.3 is 24.8 Å². The Morgan fingerprint density at radius 2 is 2.18 bits per heavy atom. The van der Waals surface area contributed by atoms with Crippen molar-refractivity contribution in [1.29, 1.82) is 0 Å². The molecule has 0 aliphatic carbocycles. The fourth-order valence-corrected chi connectivity index (χ4v) is 4.32. The van der Waals surface area contributed by atoms with Crippen LogP contribution in [0.4, 0.5) is 9.18 Å². The number of aromatic nitrogens is 2. The lowest BCUT2D eigenvalue weighted by atomic mass is 10.0. The molecule has 1 fully saturated rings. The molecule has 0 radical (unpaired) electrons. The summed E-state index contributed by atoms with van der Waals surface area (Å²) in [6.07, 6.45) is 3.73. The van der Waals surface area contributed by atoms with Gasteiger partial charge in [0.05, 0.1) is 31.1 Å². The van der Waals surface area contributed by atoms with Crippen molar-refractivity contribution in [2.75, 3.05) is 20.2 Å². The van der Waals surface area contributed by atoms with Crippen LogP contribution in [0.15, 0.2) is 36.5 Å². The number of methoxy groups -OCH3 is 1. The molecule has 0 bridgehead atoms. The smallest absolute Gasteiger partial charge is 0.409 e. The first-order chi connectivity index (χ1) is 15.8. The molecule has 8 heteroatoms. The van der Waals surface area contributed by atoms with Crippen LogP contribution in [0.5, 0.6) is 0 Å². The topological polar surface area (TPSA) is 76.4 Å². The van der Waals surface area contributed by atoms with Crippen LogP contribution in [0, 0.1) is 12.7 Å². The van der Waals surface area contributed by atoms with E-state index in [1.54, 1.807) is 11.0 Å². The molecule has 180 valence electrons. The molecule has 2 aliphatic heterocycles. The number of benzene rings is 1. The van der Waals surface area contributed by atoms with E-state index in [0.717, 1.165) is 42.2 Å². The SMILES string of the molecule is C=C1C(CCC)N1CCC(N)c1cccc(F)c1.COC(=O)N1CCc2nc(C)n(C)c2C1. The molecule has 3 heterocycles. The number of nitrogens with zero attached hydrogens (tertiary/aromatic N) is 4. The van der Waals surface area contributed by atoms with Gasteiger partial charge in [0.2, 0.25) is 0 Å². The molecule has 2 N–H and O–H groups in total. The van der Waals surface area contributed by atoms with Gasteiger partial charge >= 0.3 is 6.09 Å². The quantitative estimate of drug-likeness (QED) is 0.662. The van der Waals surface area contributed by atoms with Crippen LogP contribution in [0.25, 0.3) is 0 Å². The fourth-order valence-electron chi connectivity index (χ4n) is 4.32. The highest BCUT2D eigenvalue weighted by Gasteiger charge is 2.37. The summed E-state index contributed by atoms with van der Waals surface area (Å²) in [6.45, 7) is 10.4. The largest absolute Gasteiger partial charge is 0.453 e. The summed E-state index contributed by atoms with van der Waals surface area (Å²) in [6, 6.07) is 7.01. The number of hydrogen-bond donors (Lipinski definition) is 1. The Morgan fingerprint density at radius 3 is 2.85 bits per heavy atom. The van der Waals surface area contributed by atoms with Crippen LogP contribution in [0.2, 0.25) is 0 Å². The third kappa shape index (κ3) is 5.93. The Labute approximate surface area is 196 Å². The predicted octanol–water partition coefficient (Wildman–Crippen LogP) is 4.07. The third-order valence-electron chi connectivity index (χ3n) is 6.49. The zero-order valence-corrected chi connectivity index (χ0v) is 20.2. The number of ether oxygens (including phenoxy) is 1. The Bertz CT molecular complexity index is 989. The van der Waals surface area contributed by atoms with Gasteiger partial charge in [-0.3, -0.25) is 0 Å². The third-order valence-corrected chi connectivity index (χ3v) is 6.49.